The van der Waals surface area contributed by atoms with E-state index in [1.807, 2.05) is 265 Å². The summed E-state index contributed by atoms with van der Waals surface area (Å²) < 4.78 is 5.08. The van der Waals surface area contributed by atoms with Crippen LogP contribution in [0.25, 0.3) is 64.9 Å². The number of nitrogens with zero attached hydrogens (tertiary/aromatic N) is 4. The lowest BCUT2D eigenvalue weighted by molar-refractivity contribution is 0.504. The summed E-state index contributed by atoms with van der Waals surface area (Å²) in [4.78, 5) is 19.8. The highest BCUT2D eigenvalue weighted by molar-refractivity contribution is 7.11. The zero-order valence-corrected chi connectivity index (χ0v) is 74.2. The van der Waals surface area contributed by atoms with Gasteiger partial charge in [0, 0.05) is 55.7 Å². The molecule has 0 spiro atoms. The monoisotopic (exact) mass is 1450 g/mol. The van der Waals surface area contributed by atoms with Crippen LogP contribution >= 0.6 is 11.3 Å². The number of hydrogen-bond acceptors (Lipinski definition) is 6. The third kappa shape index (κ3) is 38.8. The number of para-hydroxylation sites is 1. The van der Waals surface area contributed by atoms with Gasteiger partial charge in [0.1, 0.15) is 11.5 Å². The molecule has 576 valence electrons. The fourth-order valence-corrected chi connectivity index (χ4v) is 10.8. The number of pyridine rings is 4. The fourth-order valence-electron chi connectivity index (χ4n) is 10.0. The van der Waals surface area contributed by atoms with E-state index in [9.17, 15) is 0 Å². The lowest BCUT2D eigenvalue weighted by Crippen LogP contribution is -1.85. The van der Waals surface area contributed by atoms with Gasteiger partial charge in [0.05, 0.1) is 11.0 Å². The van der Waals surface area contributed by atoms with Crippen LogP contribution in [0.5, 0.6) is 0 Å². The van der Waals surface area contributed by atoms with Crippen molar-refractivity contribution < 1.29 is 4.42 Å². The molecule has 5 nitrogen and oxygen atoms in total. The Morgan fingerprint density at radius 3 is 1.08 bits per heavy atom. The summed E-state index contributed by atoms with van der Waals surface area (Å²) in [6.07, 6.45) is 3.71. The Bertz CT molecular complexity index is 4280. The summed E-state index contributed by atoms with van der Waals surface area (Å²) in [7, 11) is 0. The van der Waals surface area contributed by atoms with Crippen molar-refractivity contribution in [2.45, 2.75) is 249 Å². The lowest BCUT2D eigenvalue weighted by atomic mass is 9.97. The molecule has 106 heavy (non-hydrogen) atoms. The summed E-state index contributed by atoms with van der Waals surface area (Å²) in [5, 5.41) is 13.3. The maximum absolute atomic E-state index is 5.08. The van der Waals surface area contributed by atoms with E-state index in [4.69, 9.17) is 4.42 Å². The van der Waals surface area contributed by atoms with Gasteiger partial charge in [0.25, 0.3) is 0 Å². The highest BCUT2D eigenvalue weighted by Gasteiger charge is 2.05. The molecule has 14 rings (SSSR count). The Morgan fingerprint density at radius 2 is 0.660 bits per heavy atom. The van der Waals surface area contributed by atoms with Crippen LogP contribution in [0.15, 0.2) is 223 Å². The smallest absolute Gasteiger partial charge is 0.101 e. The molecule has 0 bridgehead atoms. The molecule has 0 radical (unpaired) electrons. The molecule has 6 heteroatoms. The molecule has 0 atom stereocenters. The standard InChI is InChI=1S/2C16H14.2C11H11N.2C7H9N.C6H8O.C6H8S.10C2H6/c1-11-3-7-15-13(9-11)5-6-14-10-12(2)4-8-16(14)15;1-11-7-8-13-10-12(2)14-5-3-4-6-15(14)16(13)9-11;1-8-5-6-9(2)11-10(8)4-3-7-12-11;1-8-7-9(2)12-11-6-4-3-5-10(8)11;1-6-3-4-7(2)8-5-6;1-6-4-3-5-7(2)8-6;2*1-5-3-4-6(2)7-5;10*1-2/h2*3-10H,1-2H3;2*3-7H,1-2H3;2*3-5H,1-2H3;2*3-4H,1-2H3;10*1-2H3. The Kier molecular flexibility index (Phi) is 61.6. The topological polar surface area (TPSA) is 64.7 Å². The van der Waals surface area contributed by atoms with Crippen LogP contribution in [0.2, 0.25) is 0 Å². The third-order valence-corrected chi connectivity index (χ3v) is 15.4. The first-order chi connectivity index (χ1) is 51.2. The molecule has 0 unspecified atom stereocenters. The molecule has 0 aliphatic rings. The predicted molar refractivity (Wildman–Crippen MR) is 487 cm³/mol. The minimum absolute atomic E-state index is 0.984. The molecule has 0 amide bonds. The van der Waals surface area contributed by atoms with Crippen molar-refractivity contribution in [3.63, 3.8) is 0 Å². The minimum atomic E-state index is 0.984. The number of benzene rings is 8. The fraction of sp³-hybridized carbons (Fsp3) is 0.360. The second-order valence-electron chi connectivity index (χ2n) is 22.4. The van der Waals surface area contributed by atoms with Crippen LogP contribution in [-0.2, 0) is 0 Å². The van der Waals surface area contributed by atoms with Gasteiger partial charge in [-0.15, -0.1) is 11.3 Å². The van der Waals surface area contributed by atoms with Crippen molar-refractivity contribution in [1.82, 2.24) is 19.9 Å². The normalized spacial score (nSPS) is 8.94. The van der Waals surface area contributed by atoms with E-state index in [1.54, 1.807) is 0 Å². The molecule has 6 aromatic heterocycles. The molecule has 14 aromatic rings. The highest BCUT2D eigenvalue weighted by Crippen LogP contribution is 2.30. The first-order valence-electron chi connectivity index (χ1n) is 39.5. The Morgan fingerprint density at radius 1 is 0.245 bits per heavy atom. The molecule has 0 saturated carbocycles. The van der Waals surface area contributed by atoms with Crippen molar-refractivity contribution in [2.75, 3.05) is 0 Å². The molecule has 6 heterocycles. The van der Waals surface area contributed by atoms with Gasteiger partial charge in [-0.25, -0.2) is 0 Å². The zero-order chi connectivity index (χ0) is 81.9. The quantitative estimate of drug-likeness (QED) is 0.142. The average Bonchev–Trinajstić information content (AvgIpc) is 0.792. The molecular weight excluding hydrogens is 1310 g/mol. The van der Waals surface area contributed by atoms with E-state index in [0.717, 1.165) is 45.3 Å². The van der Waals surface area contributed by atoms with E-state index >= 15 is 0 Å². The number of thiophene rings is 1. The van der Waals surface area contributed by atoms with Crippen LogP contribution in [0.1, 0.15) is 227 Å². The number of fused-ring (bicyclic) bond motifs is 8. The molecule has 8 aromatic carbocycles. The van der Waals surface area contributed by atoms with Crippen molar-refractivity contribution in [1.29, 1.82) is 0 Å². The molecule has 0 N–H and O–H groups in total. The van der Waals surface area contributed by atoms with E-state index < -0.39 is 0 Å². The minimum Gasteiger partial charge on any atom is -0.467 e. The second kappa shape index (κ2) is 63.2. The van der Waals surface area contributed by atoms with Gasteiger partial charge in [-0.05, 0) is 242 Å². The van der Waals surface area contributed by atoms with E-state index in [2.05, 4.69) is 234 Å². The van der Waals surface area contributed by atoms with Crippen molar-refractivity contribution in [3.05, 3.63) is 307 Å². The van der Waals surface area contributed by atoms with Crippen LogP contribution < -0.4 is 0 Å². The summed E-state index contributed by atoms with van der Waals surface area (Å²) in [5.74, 6) is 1.97. The van der Waals surface area contributed by atoms with Gasteiger partial charge >= 0.3 is 0 Å². The first kappa shape index (κ1) is 103. The van der Waals surface area contributed by atoms with Crippen molar-refractivity contribution in [3.8, 4) is 0 Å². The van der Waals surface area contributed by atoms with Crippen molar-refractivity contribution >= 4 is 76.2 Å². The predicted octanol–water partition coefficient (Wildman–Crippen LogP) is 32.8. The maximum Gasteiger partial charge on any atom is 0.101 e. The van der Waals surface area contributed by atoms with Crippen LogP contribution in [0, 0.1) is 111 Å². The lowest BCUT2D eigenvalue weighted by Gasteiger charge is -2.07. The molecule has 0 saturated heterocycles. The summed E-state index contributed by atoms with van der Waals surface area (Å²) >= 11 is 1.84. The number of hydrogen-bond donors (Lipinski definition) is 0. The van der Waals surface area contributed by atoms with Gasteiger partial charge in [-0.3, -0.25) is 19.9 Å². The van der Waals surface area contributed by atoms with Crippen LogP contribution in [0.3, 0.4) is 0 Å². The maximum atomic E-state index is 5.08. The molecule has 0 fully saturated rings. The number of aromatic nitrogens is 4. The average molecular weight is 1450 g/mol. The Labute approximate surface area is 652 Å². The molecule has 0 aliphatic carbocycles. The van der Waals surface area contributed by atoms with Gasteiger partial charge < -0.3 is 4.42 Å². The second-order valence-corrected chi connectivity index (χ2v) is 23.9. The summed E-state index contributed by atoms with van der Waals surface area (Å²) in [5.41, 5.74) is 16.9. The van der Waals surface area contributed by atoms with Crippen LogP contribution in [0.4, 0.5) is 0 Å². The van der Waals surface area contributed by atoms with Gasteiger partial charge in [0.2, 0.25) is 0 Å². The van der Waals surface area contributed by atoms with Gasteiger partial charge in [-0.1, -0.05) is 301 Å². The summed E-state index contributed by atoms with van der Waals surface area (Å²) in [6.45, 7) is 73.1. The zero-order valence-electron chi connectivity index (χ0n) is 73.4. The Balaban J connectivity index is -0.000000549. The number of rotatable bonds is 0. The van der Waals surface area contributed by atoms with Crippen molar-refractivity contribution in [2.24, 2.45) is 0 Å². The summed E-state index contributed by atoms with van der Waals surface area (Å²) in [6, 6.07) is 72.2. The van der Waals surface area contributed by atoms with E-state index in [-0.39, 0.29) is 0 Å². The first-order valence-corrected chi connectivity index (χ1v) is 40.3. The van der Waals surface area contributed by atoms with E-state index in [1.165, 1.54) is 108 Å². The Hall–Kier alpha value is -9.10. The molecule has 0 aliphatic heterocycles. The highest BCUT2D eigenvalue weighted by atomic mass is 32.1. The molecular formula is C100H144N4OS. The van der Waals surface area contributed by atoms with Gasteiger partial charge in [0.15, 0.2) is 0 Å². The SMILES string of the molecule is CC.CC.CC.CC.CC.CC.CC.CC.CC.CC.Cc1cc(C)c2ccccc2n1.Cc1ccc(C)c2ncccc12.Cc1ccc(C)nc1.Cc1ccc(C)o1.Cc1ccc(C)s1.Cc1ccc2c(ccc3cc(C)ccc32)c1.Cc1ccc2cc(C)c3ccccc3c2c1.Cc1cccc(C)n1. The number of furan rings is 1. The van der Waals surface area contributed by atoms with Crippen LogP contribution in [-0.4, -0.2) is 19.9 Å². The van der Waals surface area contributed by atoms with E-state index in [0.29, 0.717) is 0 Å². The largest absolute Gasteiger partial charge is 0.467 e. The van der Waals surface area contributed by atoms with Gasteiger partial charge in [-0.2, -0.15) is 0 Å². The number of aryl methyl sites for hydroxylation is 16. The third-order valence-electron chi connectivity index (χ3n) is 14.4.